The number of nitrogens with zero attached hydrogens (tertiary/aromatic N) is 1. The third-order valence-electron chi connectivity index (χ3n) is 2.49. The van der Waals surface area contributed by atoms with Crippen LogP contribution in [0.2, 0.25) is 0 Å². The second kappa shape index (κ2) is 4.98. The summed E-state index contributed by atoms with van der Waals surface area (Å²) in [6, 6.07) is 2.93. The van der Waals surface area contributed by atoms with Crippen LogP contribution in [0.15, 0.2) is 18.3 Å². The largest absolute Gasteiger partial charge is 0.376 e. The Morgan fingerprint density at radius 1 is 1.59 bits per heavy atom. The molecule has 1 saturated heterocycles. The number of pyridine rings is 1. The first-order valence-electron chi connectivity index (χ1n) is 5.67. The van der Waals surface area contributed by atoms with Gasteiger partial charge in [-0.3, -0.25) is 0 Å². The zero-order chi connectivity index (χ0) is 12.3. The predicted octanol–water partition coefficient (Wildman–Crippen LogP) is 1.83. The van der Waals surface area contributed by atoms with Crippen LogP contribution in [0.3, 0.4) is 0 Å². The molecule has 1 N–H and O–H groups in total. The molecule has 1 atom stereocenters. The van der Waals surface area contributed by atoms with Gasteiger partial charge < -0.3 is 14.8 Å². The molecule has 0 saturated carbocycles. The van der Waals surface area contributed by atoms with Gasteiger partial charge in [0.25, 0.3) is 0 Å². The Morgan fingerprint density at radius 3 is 3.12 bits per heavy atom. The standard InChI is InChI=1S/C12H17FN2O2/c1-12(2)8-16-7-9(17-12)6-15-11-10(13)4-3-5-14-11/h3-5,9H,6-8H2,1-2H3,(H,14,15). The van der Waals surface area contributed by atoms with Crippen molar-refractivity contribution in [3.8, 4) is 0 Å². The molecule has 1 aliphatic rings. The van der Waals surface area contributed by atoms with Crippen molar-refractivity contribution < 1.29 is 13.9 Å². The van der Waals surface area contributed by atoms with Crippen LogP contribution < -0.4 is 5.32 Å². The van der Waals surface area contributed by atoms with E-state index in [-0.39, 0.29) is 23.3 Å². The molecule has 1 aromatic heterocycles. The van der Waals surface area contributed by atoms with Crippen molar-refractivity contribution in [1.82, 2.24) is 4.98 Å². The zero-order valence-corrected chi connectivity index (χ0v) is 10.1. The van der Waals surface area contributed by atoms with E-state index >= 15 is 0 Å². The number of rotatable bonds is 3. The second-order valence-corrected chi connectivity index (χ2v) is 4.73. The number of hydrogen-bond acceptors (Lipinski definition) is 4. The average Bonchev–Trinajstić information content (AvgIpc) is 2.27. The minimum Gasteiger partial charge on any atom is -0.376 e. The second-order valence-electron chi connectivity index (χ2n) is 4.73. The molecular weight excluding hydrogens is 223 g/mol. The lowest BCUT2D eigenvalue weighted by Gasteiger charge is -2.35. The maximum atomic E-state index is 13.3. The molecule has 0 radical (unpaired) electrons. The van der Waals surface area contributed by atoms with Crippen molar-refractivity contribution in [2.24, 2.45) is 0 Å². The van der Waals surface area contributed by atoms with Gasteiger partial charge in [-0.15, -0.1) is 0 Å². The van der Waals surface area contributed by atoms with Crippen molar-refractivity contribution in [1.29, 1.82) is 0 Å². The Morgan fingerprint density at radius 2 is 2.41 bits per heavy atom. The molecule has 1 aromatic rings. The molecule has 2 heterocycles. The molecule has 2 rings (SSSR count). The van der Waals surface area contributed by atoms with Gasteiger partial charge in [0.15, 0.2) is 11.6 Å². The van der Waals surface area contributed by atoms with Crippen LogP contribution in [-0.4, -0.2) is 36.4 Å². The van der Waals surface area contributed by atoms with Gasteiger partial charge in [0, 0.05) is 12.7 Å². The van der Waals surface area contributed by atoms with Gasteiger partial charge in [-0.25, -0.2) is 9.37 Å². The van der Waals surface area contributed by atoms with E-state index < -0.39 is 0 Å². The summed E-state index contributed by atoms with van der Waals surface area (Å²) < 4.78 is 24.5. The number of ether oxygens (including phenoxy) is 2. The first-order chi connectivity index (χ1) is 8.07. The molecule has 94 valence electrons. The Kier molecular flexibility index (Phi) is 3.59. The summed E-state index contributed by atoms with van der Waals surface area (Å²) >= 11 is 0. The maximum Gasteiger partial charge on any atom is 0.165 e. The molecular formula is C12H17FN2O2. The summed E-state index contributed by atoms with van der Waals surface area (Å²) in [5.41, 5.74) is -0.284. The van der Waals surface area contributed by atoms with Gasteiger partial charge >= 0.3 is 0 Å². The number of aromatic nitrogens is 1. The lowest BCUT2D eigenvalue weighted by atomic mass is 10.1. The van der Waals surface area contributed by atoms with Crippen molar-refractivity contribution in [2.75, 3.05) is 25.1 Å². The van der Waals surface area contributed by atoms with E-state index in [1.165, 1.54) is 6.07 Å². The van der Waals surface area contributed by atoms with Gasteiger partial charge in [-0.1, -0.05) is 0 Å². The molecule has 1 unspecified atom stereocenters. The molecule has 5 heteroatoms. The van der Waals surface area contributed by atoms with E-state index in [0.29, 0.717) is 19.8 Å². The first-order valence-corrected chi connectivity index (χ1v) is 5.67. The summed E-state index contributed by atoms with van der Waals surface area (Å²) in [7, 11) is 0. The molecule has 1 aliphatic heterocycles. The minimum absolute atomic E-state index is 0.0832. The molecule has 4 nitrogen and oxygen atoms in total. The summed E-state index contributed by atoms with van der Waals surface area (Å²) in [5.74, 6) is -0.108. The van der Waals surface area contributed by atoms with Crippen LogP contribution in [0.5, 0.6) is 0 Å². The highest BCUT2D eigenvalue weighted by Crippen LogP contribution is 2.19. The van der Waals surface area contributed by atoms with Crippen LogP contribution in [-0.2, 0) is 9.47 Å². The molecule has 1 fully saturated rings. The summed E-state index contributed by atoms with van der Waals surface area (Å²) in [4.78, 5) is 3.92. The Bertz CT molecular complexity index is 385. The van der Waals surface area contributed by atoms with Gasteiger partial charge in [-0.2, -0.15) is 0 Å². The fourth-order valence-electron chi connectivity index (χ4n) is 1.78. The van der Waals surface area contributed by atoms with Crippen LogP contribution in [0.4, 0.5) is 10.2 Å². The fraction of sp³-hybridized carbons (Fsp3) is 0.583. The number of nitrogens with one attached hydrogen (secondary N) is 1. The Labute approximate surface area is 100 Å². The topological polar surface area (TPSA) is 43.4 Å². The maximum absolute atomic E-state index is 13.3. The van der Waals surface area contributed by atoms with E-state index in [1.807, 2.05) is 13.8 Å². The van der Waals surface area contributed by atoms with Crippen molar-refractivity contribution in [3.63, 3.8) is 0 Å². The number of anilines is 1. The molecule has 0 bridgehead atoms. The van der Waals surface area contributed by atoms with E-state index in [0.717, 1.165) is 0 Å². The van der Waals surface area contributed by atoms with Crippen LogP contribution in [0.25, 0.3) is 0 Å². The third kappa shape index (κ3) is 3.38. The molecule has 0 amide bonds. The SMILES string of the molecule is CC1(C)COCC(CNc2ncccc2F)O1. The Hall–Kier alpha value is -1.20. The van der Waals surface area contributed by atoms with E-state index in [1.54, 1.807) is 12.3 Å². The zero-order valence-electron chi connectivity index (χ0n) is 10.1. The molecule has 17 heavy (non-hydrogen) atoms. The normalized spacial score (nSPS) is 23.4. The first kappa shape index (κ1) is 12.3. The molecule has 0 aromatic carbocycles. The average molecular weight is 240 g/mol. The number of halogens is 1. The summed E-state index contributed by atoms with van der Waals surface area (Å²) in [6.07, 6.45) is 1.47. The monoisotopic (exact) mass is 240 g/mol. The van der Waals surface area contributed by atoms with Crippen LogP contribution in [0.1, 0.15) is 13.8 Å². The fourth-order valence-corrected chi connectivity index (χ4v) is 1.78. The predicted molar refractivity (Wildman–Crippen MR) is 62.5 cm³/mol. The number of hydrogen-bond donors (Lipinski definition) is 1. The highest BCUT2D eigenvalue weighted by molar-refractivity contribution is 5.35. The highest BCUT2D eigenvalue weighted by atomic mass is 19.1. The highest BCUT2D eigenvalue weighted by Gasteiger charge is 2.29. The lowest BCUT2D eigenvalue weighted by molar-refractivity contribution is -0.177. The van der Waals surface area contributed by atoms with E-state index in [4.69, 9.17) is 9.47 Å². The minimum atomic E-state index is -0.358. The Balaban J connectivity index is 1.88. The molecule has 0 aliphatic carbocycles. The molecule has 0 spiro atoms. The quantitative estimate of drug-likeness (QED) is 0.875. The van der Waals surface area contributed by atoms with Crippen molar-refractivity contribution >= 4 is 5.82 Å². The van der Waals surface area contributed by atoms with E-state index in [2.05, 4.69) is 10.3 Å². The summed E-state index contributed by atoms with van der Waals surface area (Å²) in [6.45, 7) is 5.53. The van der Waals surface area contributed by atoms with Gasteiger partial charge in [0.2, 0.25) is 0 Å². The summed E-state index contributed by atoms with van der Waals surface area (Å²) in [5, 5.41) is 2.93. The lowest BCUT2D eigenvalue weighted by Crippen LogP contribution is -2.45. The van der Waals surface area contributed by atoms with Crippen LogP contribution >= 0.6 is 0 Å². The van der Waals surface area contributed by atoms with Crippen LogP contribution in [0, 0.1) is 5.82 Å². The van der Waals surface area contributed by atoms with Gasteiger partial charge in [-0.05, 0) is 26.0 Å². The van der Waals surface area contributed by atoms with Crippen molar-refractivity contribution in [3.05, 3.63) is 24.1 Å². The van der Waals surface area contributed by atoms with Gasteiger partial charge in [0.05, 0.1) is 24.9 Å². The third-order valence-corrected chi connectivity index (χ3v) is 2.49. The smallest absolute Gasteiger partial charge is 0.165 e. The van der Waals surface area contributed by atoms with Gasteiger partial charge in [0.1, 0.15) is 0 Å². The van der Waals surface area contributed by atoms with E-state index in [9.17, 15) is 4.39 Å². The van der Waals surface area contributed by atoms with Crippen molar-refractivity contribution in [2.45, 2.75) is 25.6 Å².